The zero-order valence-electron chi connectivity index (χ0n) is 13.1. The Kier molecular flexibility index (Phi) is 6.24. The number of carbonyl (C=O) groups excluding carboxylic acids is 1. The molecule has 21 heavy (non-hydrogen) atoms. The maximum atomic E-state index is 12.3. The van der Waals surface area contributed by atoms with Gasteiger partial charge in [-0.2, -0.15) is 0 Å². The summed E-state index contributed by atoms with van der Waals surface area (Å²) in [6.45, 7) is 3.52. The summed E-state index contributed by atoms with van der Waals surface area (Å²) in [4.78, 5) is 12.3. The van der Waals surface area contributed by atoms with Crippen molar-refractivity contribution in [3.8, 4) is 0 Å². The molecule has 1 fully saturated rings. The molecule has 1 saturated carbocycles. The summed E-state index contributed by atoms with van der Waals surface area (Å²) in [7, 11) is 0. The largest absolute Gasteiger partial charge is 0.356 e. The van der Waals surface area contributed by atoms with Crippen molar-refractivity contribution in [3.05, 3.63) is 35.9 Å². The average Bonchev–Trinajstić information content (AvgIpc) is 2.52. The number of benzene rings is 1. The highest BCUT2D eigenvalue weighted by Gasteiger charge is 2.23. The van der Waals surface area contributed by atoms with Crippen LogP contribution in [0.4, 0.5) is 0 Å². The quantitative estimate of drug-likeness (QED) is 0.845. The maximum absolute atomic E-state index is 12.3. The van der Waals surface area contributed by atoms with Crippen molar-refractivity contribution < 1.29 is 4.79 Å². The third-order valence-corrected chi connectivity index (χ3v) is 4.81. The molecule has 0 bridgehead atoms. The van der Waals surface area contributed by atoms with E-state index < -0.39 is 0 Å². The molecule has 1 aliphatic rings. The molecule has 1 amide bonds. The minimum absolute atomic E-state index is 0.110. The number of amides is 1. The molecule has 1 aromatic carbocycles. The average molecular weight is 288 g/mol. The van der Waals surface area contributed by atoms with Crippen LogP contribution in [-0.4, -0.2) is 19.0 Å². The second-order valence-electron chi connectivity index (χ2n) is 6.39. The highest BCUT2D eigenvalue weighted by atomic mass is 16.1. The Morgan fingerprint density at radius 1 is 1.29 bits per heavy atom. The maximum Gasteiger partial charge on any atom is 0.224 e. The molecule has 116 valence electrons. The topological polar surface area (TPSA) is 55.1 Å². The lowest BCUT2D eigenvalue weighted by Crippen LogP contribution is -2.40. The van der Waals surface area contributed by atoms with Crippen LogP contribution in [0.3, 0.4) is 0 Å². The molecule has 3 atom stereocenters. The van der Waals surface area contributed by atoms with Crippen molar-refractivity contribution in [3.63, 3.8) is 0 Å². The number of rotatable bonds is 6. The van der Waals surface area contributed by atoms with E-state index in [-0.39, 0.29) is 11.8 Å². The first-order valence-corrected chi connectivity index (χ1v) is 8.22. The zero-order valence-corrected chi connectivity index (χ0v) is 13.1. The lowest BCUT2D eigenvalue weighted by atomic mass is 9.80. The smallest absolute Gasteiger partial charge is 0.224 e. The Balaban J connectivity index is 1.82. The van der Waals surface area contributed by atoms with Crippen molar-refractivity contribution in [2.75, 3.05) is 13.1 Å². The van der Waals surface area contributed by atoms with Crippen LogP contribution in [0.15, 0.2) is 30.3 Å². The predicted molar refractivity (Wildman–Crippen MR) is 86.8 cm³/mol. The van der Waals surface area contributed by atoms with Gasteiger partial charge in [-0.3, -0.25) is 4.79 Å². The SMILES string of the molecule is CC1CCCCC1CNC(=O)C(CN)Cc1ccccc1. The molecule has 1 aliphatic carbocycles. The number of nitrogens with one attached hydrogen (secondary N) is 1. The molecular formula is C18H28N2O. The first-order valence-electron chi connectivity index (χ1n) is 8.22. The molecule has 0 aliphatic heterocycles. The summed E-state index contributed by atoms with van der Waals surface area (Å²) in [6.07, 6.45) is 5.90. The summed E-state index contributed by atoms with van der Waals surface area (Å²) in [5, 5.41) is 3.14. The van der Waals surface area contributed by atoms with Crippen LogP contribution in [0.5, 0.6) is 0 Å². The summed E-state index contributed by atoms with van der Waals surface area (Å²) >= 11 is 0. The van der Waals surface area contributed by atoms with Gasteiger partial charge >= 0.3 is 0 Å². The molecular weight excluding hydrogens is 260 g/mol. The van der Waals surface area contributed by atoms with Gasteiger partial charge in [0.05, 0.1) is 5.92 Å². The second kappa shape index (κ2) is 8.18. The van der Waals surface area contributed by atoms with E-state index in [1.54, 1.807) is 0 Å². The van der Waals surface area contributed by atoms with E-state index in [1.807, 2.05) is 18.2 Å². The van der Waals surface area contributed by atoms with Crippen LogP contribution in [0.2, 0.25) is 0 Å². The minimum Gasteiger partial charge on any atom is -0.356 e. The Hall–Kier alpha value is -1.35. The Morgan fingerprint density at radius 2 is 2.00 bits per heavy atom. The number of hydrogen-bond acceptors (Lipinski definition) is 2. The molecule has 0 spiro atoms. The van der Waals surface area contributed by atoms with E-state index in [9.17, 15) is 4.79 Å². The van der Waals surface area contributed by atoms with E-state index in [1.165, 1.54) is 31.2 Å². The molecule has 3 heteroatoms. The number of nitrogens with two attached hydrogens (primary N) is 1. The van der Waals surface area contributed by atoms with Gasteiger partial charge in [-0.1, -0.05) is 56.5 Å². The fourth-order valence-electron chi connectivity index (χ4n) is 3.25. The molecule has 3 unspecified atom stereocenters. The van der Waals surface area contributed by atoms with E-state index in [0.717, 1.165) is 18.9 Å². The van der Waals surface area contributed by atoms with Gasteiger partial charge in [0.15, 0.2) is 0 Å². The van der Waals surface area contributed by atoms with Crippen LogP contribution in [-0.2, 0) is 11.2 Å². The predicted octanol–water partition coefficient (Wildman–Crippen LogP) is 2.75. The molecule has 3 nitrogen and oxygen atoms in total. The summed E-state index contributed by atoms with van der Waals surface area (Å²) in [5.41, 5.74) is 6.97. The van der Waals surface area contributed by atoms with Crippen LogP contribution < -0.4 is 11.1 Å². The van der Waals surface area contributed by atoms with Gasteiger partial charge in [-0.15, -0.1) is 0 Å². The molecule has 0 aromatic heterocycles. The van der Waals surface area contributed by atoms with Crippen LogP contribution in [0, 0.1) is 17.8 Å². The molecule has 0 heterocycles. The van der Waals surface area contributed by atoms with Gasteiger partial charge in [0.1, 0.15) is 0 Å². The monoisotopic (exact) mass is 288 g/mol. The first kappa shape index (κ1) is 16.0. The van der Waals surface area contributed by atoms with Gasteiger partial charge in [0.25, 0.3) is 0 Å². The van der Waals surface area contributed by atoms with Crippen molar-refractivity contribution >= 4 is 5.91 Å². The lowest BCUT2D eigenvalue weighted by Gasteiger charge is -2.29. The Bertz CT molecular complexity index is 432. The van der Waals surface area contributed by atoms with Crippen LogP contribution >= 0.6 is 0 Å². The van der Waals surface area contributed by atoms with Crippen molar-refractivity contribution in [2.24, 2.45) is 23.5 Å². The number of hydrogen-bond donors (Lipinski definition) is 2. The second-order valence-corrected chi connectivity index (χ2v) is 6.39. The molecule has 2 rings (SSSR count). The number of carbonyl (C=O) groups is 1. The first-order chi connectivity index (χ1) is 10.2. The van der Waals surface area contributed by atoms with E-state index in [2.05, 4.69) is 24.4 Å². The third kappa shape index (κ3) is 4.85. The van der Waals surface area contributed by atoms with Crippen LogP contribution in [0.1, 0.15) is 38.2 Å². The van der Waals surface area contributed by atoms with Gasteiger partial charge in [0, 0.05) is 13.1 Å². The van der Waals surface area contributed by atoms with Crippen molar-refractivity contribution in [1.29, 1.82) is 0 Å². The van der Waals surface area contributed by atoms with Crippen molar-refractivity contribution in [1.82, 2.24) is 5.32 Å². The summed E-state index contributed by atoms with van der Waals surface area (Å²) in [6, 6.07) is 10.1. The van der Waals surface area contributed by atoms with E-state index in [0.29, 0.717) is 12.5 Å². The fraction of sp³-hybridized carbons (Fsp3) is 0.611. The van der Waals surface area contributed by atoms with Gasteiger partial charge in [-0.25, -0.2) is 0 Å². The minimum atomic E-state index is -0.119. The van der Waals surface area contributed by atoms with Crippen molar-refractivity contribution in [2.45, 2.75) is 39.0 Å². The summed E-state index contributed by atoms with van der Waals surface area (Å²) in [5.74, 6) is 1.35. The van der Waals surface area contributed by atoms with Gasteiger partial charge in [-0.05, 0) is 30.2 Å². The highest BCUT2D eigenvalue weighted by Crippen LogP contribution is 2.28. The molecule has 3 N–H and O–H groups in total. The van der Waals surface area contributed by atoms with Crippen LogP contribution in [0.25, 0.3) is 0 Å². The highest BCUT2D eigenvalue weighted by molar-refractivity contribution is 5.79. The van der Waals surface area contributed by atoms with Gasteiger partial charge in [0.2, 0.25) is 5.91 Å². The fourth-order valence-corrected chi connectivity index (χ4v) is 3.25. The zero-order chi connectivity index (χ0) is 15.1. The van der Waals surface area contributed by atoms with Gasteiger partial charge < -0.3 is 11.1 Å². The Labute approximate surface area is 128 Å². The molecule has 0 saturated heterocycles. The van der Waals surface area contributed by atoms with E-state index >= 15 is 0 Å². The lowest BCUT2D eigenvalue weighted by molar-refractivity contribution is -0.125. The third-order valence-electron chi connectivity index (χ3n) is 4.81. The standard InChI is InChI=1S/C18H28N2O/c1-14-7-5-6-10-16(14)13-20-18(21)17(12-19)11-15-8-3-2-4-9-15/h2-4,8-9,14,16-17H,5-7,10-13,19H2,1H3,(H,20,21). The normalized spacial score (nSPS) is 23.5. The molecule has 1 aromatic rings. The van der Waals surface area contributed by atoms with E-state index in [4.69, 9.17) is 5.73 Å². The Morgan fingerprint density at radius 3 is 2.67 bits per heavy atom. The summed E-state index contributed by atoms with van der Waals surface area (Å²) < 4.78 is 0. The molecule has 0 radical (unpaired) electrons.